The first kappa shape index (κ1) is 16.1. The molecular weight excluding hydrogens is 283 g/mol. The van der Waals surface area contributed by atoms with Crippen LogP contribution >= 0.6 is 0 Å². The average molecular weight is 303 g/mol. The summed E-state index contributed by atoms with van der Waals surface area (Å²) in [5.41, 5.74) is 6.23. The van der Waals surface area contributed by atoms with Gasteiger partial charge in [-0.3, -0.25) is 4.90 Å². The smallest absolute Gasteiger partial charge is 0.395 e. The number of anilines is 1. The van der Waals surface area contributed by atoms with Gasteiger partial charge in [-0.25, -0.2) is 0 Å². The summed E-state index contributed by atoms with van der Waals surface area (Å²) in [6, 6.07) is 3.75. The fourth-order valence-electron chi connectivity index (χ4n) is 2.59. The Kier molecular flexibility index (Phi) is 5.08. The van der Waals surface area contributed by atoms with Gasteiger partial charge >= 0.3 is 6.18 Å². The van der Waals surface area contributed by atoms with E-state index in [9.17, 15) is 13.2 Å². The molecule has 0 saturated carbocycles. The van der Waals surface area contributed by atoms with Crippen LogP contribution in [0.3, 0.4) is 0 Å². The first-order valence-electron chi connectivity index (χ1n) is 6.94. The Morgan fingerprint density at radius 1 is 1.14 bits per heavy atom. The highest BCUT2D eigenvalue weighted by Gasteiger charge is 2.31. The minimum Gasteiger partial charge on any atom is -0.395 e. The molecule has 1 heterocycles. The molecule has 3 N–H and O–H groups in total. The molecule has 1 fully saturated rings. The molecule has 0 aromatic heterocycles. The molecule has 0 unspecified atom stereocenters. The molecule has 4 nitrogen and oxygen atoms in total. The lowest BCUT2D eigenvalue weighted by Gasteiger charge is -2.36. The van der Waals surface area contributed by atoms with Crippen LogP contribution in [0.15, 0.2) is 18.2 Å². The predicted octanol–water partition coefficient (Wildman–Crippen LogP) is 1.28. The monoisotopic (exact) mass is 303 g/mol. The topological polar surface area (TPSA) is 52.7 Å². The molecule has 0 atom stereocenters. The first-order valence-corrected chi connectivity index (χ1v) is 6.94. The lowest BCUT2D eigenvalue weighted by Crippen LogP contribution is -2.47. The number of alkyl halides is 3. The molecule has 21 heavy (non-hydrogen) atoms. The van der Waals surface area contributed by atoms with E-state index in [0.717, 1.165) is 44.0 Å². The molecule has 1 aromatic rings. The van der Waals surface area contributed by atoms with Crippen molar-refractivity contribution >= 4 is 5.69 Å². The summed E-state index contributed by atoms with van der Waals surface area (Å²) in [5, 5.41) is 8.91. The summed E-state index contributed by atoms with van der Waals surface area (Å²) in [4.78, 5) is 4.18. The zero-order valence-electron chi connectivity index (χ0n) is 11.7. The Balaban J connectivity index is 2.14. The fourth-order valence-corrected chi connectivity index (χ4v) is 2.59. The van der Waals surface area contributed by atoms with Crippen molar-refractivity contribution in [3.8, 4) is 0 Å². The summed E-state index contributed by atoms with van der Waals surface area (Å²) < 4.78 is 38.2. The van der Waals surface area contributed by atoms with E-state index in [0.29, 0.717) is 12.1 Å². The summed E-state index contributed by atoms with van der Waals surface area (Å²) in [7, 11) is 0. The molecule has 0 bridgehead atoms. The Labute approximate surface area is 121 Å². The van der Waals surface area contributed by atoms with E-state index in [-0.39, 0.29) is 13.2 Å². The van der Waals surface area contributed by atoms with Crippen LogP contribution in [-0.2, 0) is 12.7 Å². The lowest BCUT2D eigenvalue weighted by atomic mass is 10.1. The van der Waals surface area contributed by atoms with Crippen LogP contribution in [0.5, 0.6) is 0 Å². The Morgan fingerprint density at radius 2 is 1.81 bits per heavy atom. The number of nitrogens with two attached hydrogens (primary N) is 1. The number of rotatable bonds is 4. The quantitative estimate of drug-likeness (QED) is 0.880. The number of hydrogen-bond acceptors (Lipinski definition) is 4. The first-order chi connectivity index (χ1) is 9.95. The molecule has 1 aromatic carbocycles. The van der Waals surface area contributed by atoms with E-state index in [1.54, 1.807) is 0 Å². The van der Waals surface area contributed by atoms with E-state index in [2.05, 4.69) is 9.80 Å². The molecule has 1 aliphatic rings. The van der Waals surface area contributed by atoms with E-state index < -0.39 is 11.7 Å². The van der Waals surface area contributed by atoms with E-state index in [4.69, 9.17) is 10.8 Å². The number of β-amino-alcohol motifs (C(OH)–C–C–N with tert-alkyl or cyclic N) is 1. The van der Waals surface area contributed by atoms with Crippen LogP contribution in [0.1, 0.15) is 11.1 Å². The minimum atomic E-state index is -4.34. The van der Waals surface area contributed by atoms with Crippen LogP contribution in [-0.4, -0.2) is 49.3 Å². The zero-order chi connectivity index (χ0) is 15.5. The number of hydrogen-bond donors (Lipinski definition) is 2. The van der Waals surface area contributed by atoms with Gasteiger partial charge in [0, 0.05) is 45.0 Å². The van der Waals surface area contributed by atoms with Crippen LogP contribution < -0.4 is 10.6 Å². The summed E-state index contributed by atoms with van der Waals surface area (Å²) >= 11 is 0. The maximum atomic E-state index is 12.7. The Morgan fingerprint density at radius 3 is 2.33 bits per heavy atom. The highest BCUT2D eigenvalue weighted by atomic mass is 19.4. The normalized spacial score (nSPS) is 17.3. The number of benzene rings is 1. The van der Waals surface area contributed by atoms with E-state index in [1.807, 2.05) is 0 Å². The van der Waals surface area contributed by atoms with Crippen molar-refractivity contribution in [1.29, 1.82) is 0 Å². The molecule has 1 aliphatic heterocycles. The fraction of sp³-hybridized carbons (Fsp3) is 0.571. The van der Waals surface area contributed by atoms with Crippen molar-refractivity contribution in [3.05, 3.63) is 29.3 Å². The molecule has 7 heteroatoms. The van der Waals surface area contributed by atoms with Gasteiger partial charge in [0.2, 0.25) is 0 Å². The Bertz CT molecular complexity index is 471. The number of nitrogens with zero attached hydrogens (tertiary/aromatic N) is 2. The number of piperazine rings is 1. The van der Waals surface area contributed by atoms with Crippen LogP contribution in [0.4, 0.5) is 18.9 Å². The van der Waals surface area contributed by atoms with Gasteiger partial charge in [0.25, 0.3) is 0 Å². The molecule has 1 saturated heterocycles. The molecule has 0 aliphatic carbocycles. The average Bonchev–Trinajstić information content (AvgIpc) is 2.47. The summed E-state index contributed by atoms with van der Waals surface area (Å²) in [6.07, 6.45) is -4.34. The van der Waals surface area contributed by atoms with Crippen molar-refractivity contribution < 1.29 is 18.3 Å². The van der Waals surface area contributed by atoms with Gasteiger partial charge in [0.05, 0.1) is 12.2 Å². The second-order valence-corrected chi connectivity index (χ2v) is 5.10. The van der Waals surface area contributed by atoms with Crippen molar-refractivity contribution in [2.75, 3.05) is 44.2 Å². The molecular formula is C14H20F3N3O. The number of aliphatic hydroxyl groups excluding tert-OH is 1. The number of aliphatic hydroxyl groups is 1. The van der Waals surface area contributed by atoms with Gasteiger partial charge in [-0.15, -0.1) is 0 Å². The van der Waals surface area contributed by atoms with Gasteiger partial charge in [0.15, 0.2) is 0 Å². The zero-order valence-corrected chi connectivity index (χ0v) is 11.7. The third-order valence-electron chi connectivity index (χ3n) is 3.76. The highest BCUT2D eigenvalue weighted by Crippen LogP contribution is 2.33. The van der Waals surface area contributed by atoms with E-state index >= 15 is 0 Å². The third-order valence-corrected chi connectivity index (χ3v) is 3.76. The van der Waals surface area contributed by atoms with Gasteiger partial charge in [-0.1, -0.05) is 0 Å². The van der Waals surface area contributed by atoms with Gasteiger partial charge in [-0.05, 0) is 23.8 Å². The molecule has 2 rings (SSSR count). The van der Waals surface area contributed by atoms with Gasteiger partial charge in [0.1, 0.15) is 0 Å². The molecule has 0 radical (unpaired) electrons. The minimum absolute atomic E-state index is 0.0795. The van der Waals surface area contributed by atoms with Crippen LogP contribution in [0.2, 0.25) is 0 Å². The van der Waals surface area contributed by atoms with Gasteiger partial charge in [-0.2, -0.15) is 13.2 Å². The van der Waals surface area contributed by atoms with Crippen molar-refractivity contribution in [2.45, 2.75) is 12.7 Å². The molecule has 0 spiro atoms. The van der Waals surface area contributed by atoms with Crippen molar-refractivity contribution in [2.24, 2.45) is 5.73 Å². The second kappa shape index (κ2) is 6.64. The lowest BCUT2D eigenvalue weighted by molar-refractivity contribution is -0.137. The maximum Gasteiger partial charge on any atom is 0.416 e. The second-order valence-electron chi connectivity index (χ2n) is 5.10. The number of halogens is 3. The third kappa shape index (κ3) is 3.87. The SMILES string of the molecule is NCc1cc(C(F)(F)F)ccc1N1CCN(CCO)CC1. The molecule has 118 valence electrons. The van der Waals surface area contributed by atoms with Crippen molar-refractivity contribution in [3.63, 3.8) is 0 Å². The largest absolute Gasteiger partial charge is 0.416 e. The van der Waals surface area contributed by atoms with E-state index in [1.165, 1.54) is 6.07 Å². The molecule has 0 amide bonds. The Hall–Kier alpha value is -1.31. The van der Waals surface area contributed by atoms with Crippen LogP contribution in [0, 0.1) is 0 Å². The van der Waals surface area contributed by atoms with Crippen molar-refractivity contribution in [1.82, 2.24) is 4.90 Å². The van der Waals surface area contributed by atoms with Gasteiger partial charge < -0.3 is 15.7 Å². The summed E-state index contributed by atoms with van der Waals surface area (Å²) in [6.45, 7) is 3.84. The highest BCUT2D eigenvalue weighted by molar-refractivity contribution is 5.55. The maximum absolute atomic E-state index is 12.7. The van der Waals surface area contributed by atoms with Crippen LogP contribution in [0.25, 0.3) is 0 Å². The predicted molar refractivity (Wildman–Crippen MR) is 75.1 cm³/mol. The standard InChI is InChI=1S/C14H20F3N3O/c15-14(16,17)12-1-2-13(11(9-12)10-18)20-5-3-19(4-6-20)7-8-21/h1-2,9,21H,3-8,10,18H2. The summed E-state index contributed by atoms with van der Waals surface area (Å²) in [5.74, 6) is 0.